The lowest BCUT2D eigenvalue weighted by Crippen LogP contribution is -2.22. The van der Waals surface area contributed by atoms with Crippen LogP contribution >= 0.6 is 11.3 Å². The molecule has 4 nitrogen and oxygen atoms in total. The predicted octanol–water partition coefficient (Wildman–Crippen LogP) is 2.53. The SMILES string of the molecule is O=C(Nc1nc2c(s1)CNCC2)c1ccc2c(c1)CCC2. The molecule has 1 aliphatic heterocycles. The maximum atomic E-state index is 12.4. The monoisotopic (exact) mass is 299 g/mol. The second kappa shape index (κ2) is 5.24. The van der Waals surface area contributed by atoms with Crippen LogP contribution in [0.4, 0.5) is 5.13 Å². The minimum Gasteiger partial charge on any atom is -0.311 e. The van der Waals surface area contributed by atoms with E-state index in [1.54, 1.807) is 11.3 Å². The summed E-state index contributed by atoms with van der Waals surface area (Å²) in [5.74, 6) is -0.0521. The molecule has 0 bridgehead atoms. The number of benzene rings is 1. The zero-order chi connectivity index (χ0) is 14.2. The third kappa shape index (κ3) is 2.47. The first-order valence-corrected chi connectivity index (χ1v) is 8.24. The average molecular weight is 299 g/mol. The van der Waals surface area contributed by atoms with Crippen LogP contribution < -0.4 is 10.6 Å². The van der Waals surface area contributed by atoms with Gasteiger partial charge in [0.2, 0.25) is 0 Å². The van der Waals surface area contributed by atoms with Gasteiger partial charge in [-0.3, -0.25) is 10.1 Å². The Morgan fingerprint density at radius 2 is 2.14 bits per heavy atom. The van der Waals surface area contributed by atoms with Gasteiger partial charge in [0.05, 0.1) is 5.69 Å². The van der Waals surface area contributed by atoms with Crippen molar-refractivity contribution in [2.45, 2.75) is 32.2 Å². The van der Waals surface area contributed by atoms with E-state index in [2.05, 4.69) is 21.7 Å². The molecule has 2 heterocycles. The van der Waals surface area contributed by atoms with Crippen LogP contribution in [0.2, 0.25) is 0 Å². The summed E-state index contributed by atoms with van der Waals surface area (Å²) in [4.78, 5) is 18.1. The van der Waals surface area contributed by atoms with Gasteiger partial charge in [0.1, 0.15) is 0 Å². The molecule has 0 spiro atoms. The Balaban J connectivity index is 1.54. The van der Waals surface area contributed by atoms with E-state index < -0.39 is 0 Å². The molecule has 2 aliphatic rings. The van der Waals surface area contributed by atoms with Crippen LogP contribution in [0.3, 0.4) is 0 Å². The Kier molecular flexibility index (Phi) is 3.24. The average Bonchev–Trinajstić information content (AvgIpc) is 3.11. The first-order chi connectivity index (χ1) is 10.3. The smallest absolute Gasteiger partial charge is 0.257 e. The summed E-state index contributed by atoms with van der Waals surface area (Å²) in [7, 11) is 0. The van der Waals surface area contributed by atoms with Gasteiger partial charge in [-0.15, -0.1) is 11.3 Å². The Bertz CT molecular complexity index is 684. The Hall–Kier alpha value is -1.72. The molecule has 2 aromatic rings. The first kappa shape index (κ1) is 13.0. The second-order valence-electron chi connectivity index (χ2n) is 5.61. The van der Waals surface area contributed by atoms with Crippen molar-refractivity contribution >= 4 is 22.4 Å². The summed E-state index contributed by atoms with van der Waals surface area (Å²) in [6, 6.07) is 6.05. The van der Waals surface area contributed by atoms with Gasteiger partial charge >= 0.3 is 0 Å². The highest BCUT2D eigenvalue weighted by Crippen LogP contribution is 2.27. The van der Waals surface area contributed by atoms with Gasteiger partial charge in [-0.1, -0.05) is 6.07 Å². The summed E-state index contributed by atoms with van der Waals surface area (Å²) in [5, 5.41) is 6.99. The largest absolute Gasteiger partial charge is 0.311 e. The molecule has 0 unspecified atom stereocenters. The summed E-state index contributed by atoms with van der Waals surface area (Å²) in [5.41, 5.74) is 4.58. The van der Waals surface area contributed by atoms with Crippen LogP contribution in [0.15, 0.2) is 18.2 Å². The van der Waals surface area contributed by atoms with E-state index in [1.165, 1.54) is 22.4 Å². The molecule has 0 atom stereocenters. The van der Waals surface area contributed by atoms with Gasteiger partial charge in [0, 0.05) is 30.0 Å². The predicted molar refractivity (Wildman–Crippen MR) is 83.9 cm³/mol. The van der Waals surface area contributed by atoms with Gasteiger partial charge in [-0.25, -0.2) is 4.98 Å². The lowest BCUT2D eigenvalue weighted by atomic mass is 10.1. The fraction of sp³-hybridized carbons (Fsp3) is 0.375. The van der Waals surface area contributed by atoms with Crippen molar-refractivity contribution in [1.82, 2.24) is 10.3 Å². The number of aromatic nitrogens is 1. The quantitative estimate of drug-likeness (QED) is 0.896. The van der Waals surface area contributed by atoms with Crippen molar-refractivity contribution in [2.24, 2.45) is 0 Å². The number of hydrogen-bond donors (Lipinski definition) is 2. The number of amides is 1. The summed E-state index contributed by atoms with van der Waals surface area (Å²) in [6.07, 6.45) is 4.38. The van der Waals surface area contributed by atoms with E-state index in [-0.39, 0.29) is 5.91 Å². The fourth-order valence-electron chi connectivity index (χ4n) is 3.06. The number of aryl methyl sites for hydroxylation is 2. The zero-order valence-corrected chi connectivity index (χ0v) is 12.6. The van der Waals surface area contributed by atoms with E-state index in [4.69, 9.17) is 0 Å². The lowest BCUT2D eigenvalue weighted by Gasteiger charge is -2.09. The molecule has 21 heavy (non-hydrogen) atoms. The molecule has 0 radical (unpaired) electrons. The summed E-state index contributed by atoms with van der Waals surface area (Å²) < 4.78 is 0. The van der Waals surface area contributed by atoms with E-state index >= 15 is 0 Å². The van der Waals surface area contributed by atoms with Crippen molar-refractivity contribution in [2.75, 3.05) is 11.9 Å². The molecule has 1 aromatic carbocycles. The minimum absolute atomic E-state index is 0.0521. The summed E-state index contributed by atoms with van der Waals surface area (Å²) >= 11 is 1.58. The van der Waals surface area contributed by atoms with Crippen molar-refractivity contribution in [3.8, 4) is 0 Å². The van der Waals surface area contributed by atoms with Crippen LogP contribution in [0.1, 0.15) is 38.5 Å². The molecule has 4 rings (SSSR count). The second-order valence-corrected chi connectivity index (χ2v) is 6.69. The highest BCUT2D eigenvalue weighted by molar-refractivity contribution is 7.15. The molecule has 0 saturated heterocycles. The van der Waals surface area contributed by atoms with E-state index in [9.17, 15) is 4.79 Å². The normalized spacial score (nSPS) is 16.4. The Morgan fingerprint density at radius 3 is 3.05 bits per heavy atom. The number of carbonyl (C=O) groups excluding carboxylic acids is 1. The third-order valence-corrected chi connectivity index (χ3v) is 5.20. The molecule has 1 aromatic heterocycles. The third-order valence-electron chi connectivity index (χ3n) is 4.18. The van der Waals surface area contributed by atoms with E-state index in [0.717, 1.165) is 43.6 Å². The van der Waals surface area contributed by atoms with Crippen LogP contribution in [0, 0.1) is 0 Å². The highest BCUT2D eigenvalue weighted by Gasteiger charge is 2.18. The van der Waals surface area contributed by atoms with Crippen LogP contribution in [-0.2, 0) is 25.8 Å². The lowest BCUT2D eigenvalue weighted by molar-refractivity contribution is 0.102. The molecular formula is C16H17N3OS. The van der Waals surface area contributed by atoms with Crippen molar-refractivity contribution < 1.29 is 4.79 Å². The number of nitrogens with one attached hydrogen (secondary N) is 2. The fourth-order valence-corrected chi connectivity index (χ4v) is 4.03. The summed E-state index contributed by atoms with van der Waals surface area (Å²) in [6.45, 7) is 1.83. The van der Waals surface area contributed by atoms with Crippen molar-refractivity contribution in [3.63, 3.8) is 0 Å². The molecule has 2 N–H and O–H groups in total. The number of hydrogen-bond acceptors (Lipinski definition) is 4. The molecule has 5 heteroatoms. The van der Waals surface area contributed by atoms with E-state index in [1.807, 2.05) is 12.1 Å². The number of carbonyl (C=O) groups is 1. The zero-order valence-electron chi connectivity index (χ0n) is 11.7. The molecule has 1 aliphatic carbocycles. The molecule has 0 fully saturated rings. The first-order valence-electron chi connectivity index (χ1n) is 7.42. The Labute approximate surface area is 127 Å². The van der Waals surface area contributed by atoms with Gasteiger partial charge < -0.3 is 5.32 Å². The Morgan fingerprint density at radius 1 is 1.24 bits per heavy atom. The van der Waals surface area contributed by atoms with Gasteiger partial charge in [-0.05, 0) is 42.5 Å². The van der Waals surface area contributed by atoms with Gasteiger partial charge in [-0.2, -0.15) is 0 Å². The molecule has 1 amide bonds. The topological polar surface area (TPSA) is 54.0 Å². The molecule has 0 saturated carbocycles. The molecular weight excluding hydrogens is 282 g/mol. The van der Waals surface area contributed by atoms with Crippen LogP contribution in [0.25, 0.3) is 0 Å². The van der Waals surface area contributed by atoms with Gasteiger partial charge in [0.15, 0.2) is 5.13 Å². The highest BCUT2D eigenvalue weighted by atomic mass is 32.1. The van der Waals surface area contributed by atoms with Crippen molar-refractivity contribution in [3.05, 3.63) is 45.5 Å². The standard InChI is InChI=1S/C16H17N3OS/c20-15(12-5-4-10-2-1-3-11(10)8-12)19-16-18-13-6-7-17-9-14(13)21-16/h4-5,8,17H,1-3,6-7,9H2,(H,18,19,20). The maximum absolute atomic E-state index is 12.4. The molecule has 108 valence electrons. The number of fused-ring (bicyclic) bond motifs is 2. The maximum Gasteiger partial charge on any atom is 0.257 e. The van der Waals surface area contributed by atoms with Crippen LogP contribution in [-0.4, -0.2) is 17.4 Å². The van der Waals surface area contributed by atoms with Gasteiger partial charge in [0.25, 0.3) is 5.91 Å². The number of anilines is 1. The van der Waals surface area contributed by atoms with E-state index in [0.29, 0.717) is 5.13 Å². The number of thiazole rings is 1. The number of nitrogens with zero attached hydrogens (tertiary/aromatic N) is 1. The number of rotatable bonds is 2. The minimum atomic E-state index is -0.0521. The van der Waals surface area contributed by atoms with Crippen molar-refractivity contribution in [1.29, 1.82) is 0 Å². The van der Waals surface area contributed by atoms with Crippen LogP contribution in [0.5, 0.6) is 0 Å².